The second-order valence-corrected chi connectivity index (χ2v) is 8.47. The van der Waals surface area contributed by atoms with Gasteiger partial charge in [-0.2, -0.15) is 0 Å². The van der Waals surface area contributed by atoms with Gasteiger partial charge in [-0.25, -0.2) is 0 Å². The molecule has 4 heteroatoms. The molecule has 0 aromatic heterocycles. The minimum atomic E-state index is -0.714. The molecule has 0 bridgehead atoms. The molecule has 0 aliphatic heterocycles. The van der Waals surface area contributed by atoms with Gasteiger partial charge >= 0.3 is 5.97 Å². The maximum Gasteiger partial charge on any atom is 0.325 e. The van der Waals surface area contributed by atoms with Gasteiger partial charge in [0.1, 0.15) is 6.04 Å². The number of aliphatic hydroxyl groups is 1. The Bertz CT molecular complexity index is 520. The number of unbranched alkanes of at least 4 members (excludes halogenated alkanes) is 12. The molecule has 4 nitrogen and oxygen atoms in total. The van der Waals surface area contributed by atoms with Crippen LogP contribution in [0.3, 0.4) is 0 Å². The van der Waals surface area contributed by atoms with E-state index in [0.717, 1.165) is 18.4 Å². The van der Waals surface area contributed by atoms with Crippen molar-refractivity contribution in [1.29, 1.82) is 0 Å². The molecule has 0 heterocycles. The van der Waals surface area contributed by atoms with Crippen LogP contribution < -0.4 is 5.32 Å². The van der Waals surface area contributed by atoms with Crippen LogP contribution >= 0.6 is 0 Å². The van der Waals surface area contributed by atoms with Gasteiger partial charge in [-0.15, -0.1) is 0 Å². The standard InChI is InChI=1S/C26H45NO3/c1-3-4-5-6-7-8-9-10-11-12-13-14-18-21-24(28)25(26(29)30-2)27-22-23-19-16-15-17-20-23/h15-17,19-20,24-25,27-28H,3-14,18,21-22H2,1-2H3/t24-,25-/m1/s1. The van der Waals surface area contributed by atoms with E-state index in [-0.39, 0.29) is 0 Å². The molecule has 0 aliphatic carbocycles. The lowest BCUT2D eigenvalue weighted by molar-refractivity contribution is -0.146. The molecule has 30 heavy (non-hydrogen) atoms. The molecule has 0 fully saturated rings. The Balaban J connectivity index is 2.08. The predicted molar refractivity (Wildman–Crippen MR) is 125 cm³/mol. The summed E-state index contributed by atoms with van der Waals surface area (Å²) >= 11 is 0. The van der Waals surface area contributed by atoms with Crippen LogP contribution in [-0.2, 0) is 16.1 Å². The van der Waals surface area contributed by atoms with E-state index in [4.69, 9.17) is 4.74 Å². The van der Waals surface area contributed by atoms with E-state index in [0.29, 0.717) is 13.0 Å². The molecule has 0 saturated carbocycles. The van der Waals surface area contributed by atoms with Crippen molar-refractivity contribution >= 4 is 5.97 Å². The first kappa shape index (κ1) is 26.6. The van der Waals surface area contributed by atoms with Gasteiger partial charge in [0.05, 0.1) is 13.2 Å². The minimum absolute atomic E-state index is 0.395. The van der Waals surface area contributed by atoms with Gasteiger partial charge in [-0.05, 0) is 12.0 Å². The third kappa shape index (κ3) is 13.0. The van der Waals surface area contributed by atoms with Crippen LogP contribution in [0.25, 0.3) is 0 Å². The Hall–Kier alpha value is -1.39. The van der Waals surface area contributed by atoms with Crippen LogP contribution in [0, 0.1) is 0 Å². The molecule has 0 saturated heterocycles. The highest BCUT2D eigenvalue weighted by Crippen LogP contribution is 2.14. The average Bonchev–Trinajstić information content (AvgIpc) is 2.77. The lowest BCUT2D eigenvalue weighted by atomic mass is 10.0. The summed E-state index contributed by atoms with van der Waals surface area (Å²) in [5.41, 5.74) is 1.08. The van der Waals surface area contributed by atoms with E-state index in [2.05, 4.69) is 12.2 Å². The smallest absolute Gasteiger partial charge is 0.325 e. The Morgan fingerprint density at radius 2 is 1.37 bits per heavy atom. The van der Waals surface area contributed by atoms with Crippen molar-refractivity contribution in [2.24, 2.45) is 0 Å². The van der Waals surface area contributed by atoms with Gasteiger partial charge in [-0.1, -0.05) is 121 Å². The van der Waals surface area contributed by atoms with E-state index >= 15 is 0 Å². The third-order valence-electron chi connectivity index (χ3n) is 5.81. The molecule has 0 aliphatic rings. The van der Waals surface area contributed by atoms with E-state index in [9.17, 15) is 9.90 Å². The summed E-state index contributed by atoms with van der Waals surface area (Å²) in [5.74, 6) is -0.395. The number of hydrogen-bond acceptors (Lipinski definition) is 4. The number of esters is 1. The van der Waals surface area contributed by atoms with Crippen molar-refractivity contribution < 1.29 is 14.6 Å². The lowest BCUT2D eigenvalue weighted by Gasteiger charge is -2.22. The first-order valence-corrected chi connectivity index (χ1v) is 12.2. The summed E-state index contributed by atoms with van der Waals surface area (Å²) in [6.45, 7) is 2.80. The summed E-state index contributed by atoms with van der Waals surface area (Å²) in [6, 6.07) is 9.22. The van der Waals surface area contributed by atoms with E-state index in [1.807, 2.05) is 30.3 Å². The van der Waals surface area contributed by atoms with E-state index in [1.165, 1.54) is 77.7 Å². The summed E-state index contributed by atoms with van der Waals surface area (Å²) in [4.78, 5) is 12.1. The van der Waals surface area contributed by atoms with Gasteiger partial charge in [0.15, 0.2) is 0 Å². The number of carbonyl (C=O) groups is 1. The van der Waals surface area contributed by atoms with Crippen LogP contribution in [0.4, 0.5) is 0 Å². The van der Waals surface area contributed by atoms with Gasteiger partial charge in [0, 0.05) is 6.54 Å². The largest absolute Gasteiger partial charge is 0.468 e. The first-order chi connectivity index (χ1) is 14.7. The molecule has 1 aromatic carbocycles. The summed E-state index contributed by atoms with van der Waals surface area (Å²) < 4.78 is 4.88. The summed E-state index contributed by atoms with van der Waals surface area (Å²) in [7, 11) is 1.37. The zero-order chi connectivity index (χ0) is 21.9. The van der Waals surface area contributed by atoms with Crippen molar-refractivity contribution in [3.8, 4) is 0 Å². The highest BCUT2D eigenvalue weighted by atomic mass is 16.5. The minimum Gasteiger partial charge on any atom is -0.468 e. The summed E-state index contributed by atoms with van der Waals surface area (Å²) in [5, 5.41) is 13.7. The van der Waals surface area contributed by atoms with Crippen molar-refractivity contribution in [3.63, 3.8) is 0 Å². The van der Waals surface area contributed by atoms with Gasteiger partial charge in [-0.3, -0.25) is 10.1 Å². The van der Waals surface area contributed by atoms with Gasteiger partial charge in [0.25, 0.3) is 0 Å². The number of carbonyl (C=O) groups excluding carboxylic acids is 1. The number of rotatable bonds is 19. The Kier molecular flexibility index (Phi) is 16.3. The van der Waals surface area contributed by atoms with Crippen LogP contribution in [0.1, 0.15) is 102 Å². The molecular weight excluding hydrogens is 374 g/mol. The number of benzene rings is 1. The van der Waals surface area contributed by atoms with Crippen molar-refractivity contribution in [2.45, 2.75) is 116 Å². The van der Waals surface area contributed by atoms with Crippen LogP contribution in [-0.4, -0.2) is 30.3 Å². The Labute approximate surface area is 184 Å². The number of methoxy groups -OCH3 is 1. The molecule has 0 spiro atoms. The zero-order valence-electron chi connectivity index (χ0n) is 19.4. The van der Waals surface area contributed by atoms with Crippen molar-refractivity contribution in [3.05, 3.63) is 35.9 Å². The molecular formula is C26H45NO3. The van der Waals surface area contributed by atoms with E-state index < -0.39 is 18.1 Å². The van der Waals surface area contributed by atoms with Crippen molar-refractivity contribution in [1.82, 2.24) is 5.32 Å². The Morgan fingerprint density at radius 1 is 0.867 bits per heavy atom. The quantitative estimate of drug-likeness (QED) is 0.208. The lowest BCUT2D eigenvalue weighted by Crippen LogP contribution is -2.46. The fourth-order valence-corrected chi connectivity index (χ4v) is 3.87. The fraction of sp³-hybridized carbons (Fsp3) is 0.731. The van der Waals surface area contributed by atoms with Crippen LogP contribution in [0.15, 0.2) is 30.3 Å². The number of hydrogen-bond donors (Lipinski definition) is 2. The van der Waals surface area contributed by atoms with Gasteiger partial charge in [0.2, 0.25) is 0 Å². The molecule has 0 amide bonds. The van der Waals surface area contributed by atoms with Crippen LogP contribution in [0.5, 0.6) is 0 Å². The molecule has 0 unspecified atom stereocenters. The topological polar surface area (TPSA) is 58.6 Å². The number of ether oxygens (including phenoxy) is 1. The highest BCUT2D eigenvalue weighted by molar-refractivity contribution is 5.76. The monoisotopic (exact) mass is 419 g/mol. The third-order valence-corrected chi connectivity index (χ3v) is 5.81. The highest BCUT2D eigenvalue weighted by Gasteiger charge is 2.26. The SMILES string of the molecule is CCCCCCCCCCCCCCC[C@@H](O)[C@@H](NCc1ccccc1)C(=O)OC. The fourth-order valence-electron chi connectivity index (χ4n) is 3.87. The molecule has 1 aromatic rings. The van der Waals surface area contributed by atoms with Crippen LogP contribution in [0.2, 0.25) is 0 Å². The Morgan fingerprint density at radius 3 is 1.87 bits per heavy atom. The van der Waals surface area contributed by atoms with E-state index in [1.54, 1.807) is 0 Å². The normalized spacial score (nSPS) is 13.2. The molecule has 0 radical (unpaired) electrons. The average molecular weight is 420 g/mol. The number of nitrogens with one attached hydrogen (secondary N) is 1. The zero-order valence-corrected chi connectivity index (χ0v) is 19.4. The molecule has 2 atom stereocenters. The second-order valence-electron chi connectivity index (χ2n) is 8.47. The maximum absolute atomic E-state index is 12.1. The van der Waals surface area contributed by atoms with Gasteiger partial charge < -0.3 is 9.84 Å². The molecule has 172 valence electrons. The van der Waals surface area contributed by atoms with Crippen molar-refractivity contribution in [2.75, 3.05) is 7.11 Å². The molecule has 1 rings (SSSR count). The maximum atomic E-state index is 12.1. The first-order valence-electron chi connectivity index (χ1n) is 12.2. The molecule has 2 N–H and O–H groups in total. The second kappa shape index (κ2) is 18.4. The summed E-state index contributed by atoms with van der Waals surface area (Å²) in [6.07, 6.45) is 16.8. The number of aliphatic hydroxyl groups excluding tert-OH is 1. The predicted octanol–water partition coefficient (Wildman–Crippen LogP) is 6.16.